The Morgan fingerprint density at radius 2 is 1.71 bits per heavy atom. The first-order valence-corrected chi connectivity index (χ1v) is 9.85. The fourth-order valence-corrected chi connectivity index (χ4v) is 4.35. The summed E-state index contributed by atoms with van der Waals surface area (Å²) < 4.78 is 27.7. The smallest absolute Gasteiger partial charge is 0.263 e. The number of hydrogen-bond acceptors (Lipinski definition) is 3. The van der Waals surface area contributed by atoms with E-state index >= 15 is 0 Å². The summed E-state index contributed by atoms with van der Waals surface area (Å²) >= 11 is 11.8. The third-order valence-electron chi connectivity index (χ3n) is 3.77. The van der Waals surface area contributed by atoms with Crippen LogP contribution in [0.2, 0.25) is 10.0 Å². The fourth-order valence-electron chi connectivity index (χ4n) is 2.44. The number of sulfonamides is 1. The van der Waals surface area contributed by atoms with Crippen molar-refractivity contribution in [3.63, 3.8) is 0 Å². The first kappa shape index (κ1) is 18.9. The van der Waals surface area contributed by atoms with Crippen molar-refractivity contribution >= 4 is 44.6 Å². The second kappa shape index (κ2) is 7.64. The van der Waals surface area contributed by atoms with E-state index < -0.39 is 10.0 Å². The highest BCUT2D eigenvalue weighted by atomic mass is 35.5. The fraction of sp³-hybridized carbons (Fsp3) is 0.294. The van der Waals surface area contributed by atoms with Crippen LogP contribution in [0.3, 0.4) is 0 Å². The molecule has 0 saturated heterocycles. The lowest BCUT2D eigenvalue weighted by Crippen LogP contribution is -2.22. The Balaban J connectivity index is 2.33. The van der Waals surface area contributed by atoms with Gasteiger partial charge in [0.05, 0.1) is 10.7 Å². The Morgan fingerprint density at radius 1 is 1.04 bits per heavy atom. The third-order valence-corrected chi connectivity index (χ3v) is 5.85. The summed E-state index contributed by atoms with van der Waals surface area (Å²) in [5.41, 5.74) is 2.43. The van der Waals surface area contributed by atoms with E-state index in [9.17, 15) is 8.42 Å². The van der Waals surface area contributed by atoms with Gasteiger partial charge in [-0.1, -0.05) is 23.2 Å². The van der Waals surface area contributed by atoms with Gasteiger partial charge in [0, 0.05) is 23.8 Å². The molecule has 7 heteroatoms. The Labute approximate surface area is 153 Å². The summed E-state index contributed by atoms with van der Waals surface area (Å²) in [6.45, 7) is 7.81. The van der Waals surface area contributed by atoms with Crippen molar-refractivity contribution in [2.24, 2.45) is 0 Å². The number of hydrogen-bond donors (Lipinski definition) is 1. The van der Waals surface area contributed by atoms with Crippen LogP contribution < -0.4 is 9.62 Å². The molecule has 24 heavy (non-hydrogen) atoms. The zero-order valence-corrected chi connectivity index (χ0v) is 16.1. The summed E-state index contributed by atoms with van der Waals surface area (Å²) in [6, 6.07) is 9.94. The summed E-state index contributed by atoms with van der Waals surface area (Å²) in [5.74, 6) is 0. The lowest BCUT2D eigenvalue weighted by atomic mass is 10.1. The molecule has 0 unspecified atom stereocenters. The number of aryl methyl sites for hydroxylation is 1. The minimum absolute atomic E-state index is 0.000728. The van der Waals surface area contributed by atoms with E-state index in [0.29, 0.717) is 10.7 Å². The zero-order valence-electron chi connectivity index (χ0n) is 13.8. The molecule has 0 spiro atoms. The Morgan fingerprint density at radius 3 is 2.25 bits per heavy atom. The van der Waals surface area contributed by atoms with Crippen molar-refractivity contribution in [1.29, 1.82) is 0 Å². The first-order chi connectivity index (χ1) is 11.3. The number of anilines is 2. The van der Waals surface area contributed by atoms with Gasteiger partial charge >= 0.3 is 0 Å². The number of nitrogens with one attached hydrogen (secondary N) is 1. The lowest BCUT2D eigenvalue weighted by Gasteiger charge is -2.22. The first-order valence-electron chi connectivity index (χ1n) is 7.62. The molecule has 0 aromatic heterocycles. The number of benzene rings is 2. The van der Waals surface area contributed by atoms with Crippen LogP contribution in [0.4, 0.5) is 11.4 Å². The Bertz CT molecular complexity index is 834. The van der Waals surface area contributed by atoms with Gasteiger partial charge in [-0.2, -0.15) is 0 Å². The van der Waals surface area contributed by atoms with Crippen molar-refractivity contribution < 1.29 is 8.42 Å². The standard InChI is InChI=1S/C17H20Cl2N2O2S/c1-4-21(5-2)14-7-8-16(12(3)10-14)20-24(22,23)17-9-6-13(18)11-15(17)19/h6-11,20H,4-5H2,1-3H3. The SMILES string of the molecule is CCN(CC)c1ccc(NS(=O)(=O)c2ccc(Cl)cc2Cl)c(C)c1. The molecule has 0 aliphatic heterocycles. The van der Waals surface area contributed by atoms with E-state index in [4.69, 9.17) is 23.2 Å². The minimum Gasteiger partial charge on any atom is -0.372 e. The van der Waals surface area contributed by atoms with Crippen LogP contribution in [0, 0.1) is 6.92 Å². The molecule has 0 amide bonds. The normalized spacial score (nSPS) is 11.4. The molecule has 0 radical (unpaired) electrons. The van der Waals surface area contributed by atoms with E-state index in [2.05, 4.69) is 23.5 Å². The monoisotopic (exact) mass is 386 g/mol. The summed E-state index contributed by atoms with van der Waals surface area (Å²) in [6.07, 6.45) is 0. The molecule has 0 aliphatic carbocycles. The molecule has 2 aromatic carbocycles. The summed E-state index contributed by atoms with van der Waals surface area (Å²) in [4.78, 5) is 2.20. The predicted octanol–water partition coefficient (Wildman–Crippen LogP) is 4.95. The number of halogens is 2. The Kier molecular flexibility index (Phi) is 6.01. The summed E-state index contributed by atoms with van der Waals surface area (Å²) in [7, 11) is -3.78. The van der Waals surface area contributed by atoms with Crippen LogP contribution in [-0.4, -0.2) is 21.5 Å². The van der Waals surface area contributed by atoms with Gasteiger partial charge in [-0.25, -0.2) is 8.42 Å². The second-order valence-electron chi connectivity index (χ2n) is 5.35. The van der Waals surface area contributed by atoms with Crippen LogP contribution in [0.1, 0.15) is 19.4 Å². The van der Waals surface area contributed by atoms with Crippen LogP contribution in [0.15, 0.2) is 41.3 Å². The van der Waals surface area contributed by atoms with Gasteiger partial charge in [-0.3, -0.25) is 4.72 Å². The van der Waals surface area contributed by atoms with Crippen molar-refractivity contribution in [2.45, 2.75) is 25.7 Å². The molecule has 1 N–H and O–H groups in total. The highest BCUT2D eigenvalue weighted by Gasteiger charge is 2.19. The molecule has 0 saturated carbocycles. The van der Waals surface area contributed by atoms with Gasteiger partial charge in [0.1, 0.15) is 4.90 Å². The Hall–Kier alpha value is -1.43. The molecule has 0 heterocycles. The molecule has 2 rings (SSSR count). The topological polar surface area (TPSA) is 49.4 Å². The van der Waals surface area contributed by atoms with Crippen molar-refractivity contribution in [2.75, 3.05) is 22.7 Å². The van der Waals surface area contributed by atoms with Crippen molar-refractivity contribution in [1.82, 2.24) is 0 Å². The number of rotatable bonds is 6. The van der Waals surface area contributed by atoms with Crippen molar-refractivity contribution in [3.05, 3.63) is 52.0 Å². The van der Waals surface area contributed by atoms with E-state index in [0.717, 1.165) is 24.3 Å². The maximum absolute atomic E-state index is 12.6. The highest BCUT2D eigenvalue weighted by Crippen LogP contribution is 2.29. The van der Waals surface area contributed by atoms with E-state index in [1.54, 1.807) is 6.07 Å². The molecule has 4 nitrogen and oxygen atoms in total. The quantitative estimate of drug-likeness (QED) is 0.763. The molecular weight excluding hydrogens is 367 g/mol. The minimum atomic E-state index is -3.78. The van der Waals surface area contributed by atoms with E-state index in [1.807, 2.05) is 19.1 Å². The molecule has 130 valence electrons. The van der Waals surface area contributed by atoms with Crippen LogP contribution in [0.5, 0.6) is 0 Å². The van der Waals surface area contributed by atoms with Gasteiger partial charge in [-0.15, -0.1) is 0 Å². The highest BCUT2D eigenvalue weighted by molar-refractivity contribution is 7.92. The number of nitrogens with zero attached hydrogens (tertiary/aromatic N) is 1. The van der Waals surface area contributed by atoms with E-state index in [1.165, 1.54) is 18.2 Å². The molecule has 2 aromatic rings. The lowest BCUT2D eigenvalue weighted by molar-refractivity contribution is 0.601. The molecule has 0 bridgehead atoms. The van der Waals surface area contributed by atoms with Gasteiger partial charge in [0.25, 0.3) is 10.0 Å². The summed E-state index contributed by atoms with van der Waals surface area (Å²) in [5, 5.41) is 0.478. The van der Waals surface area contributed by atoms with Gasteiger partial charge in [0.2, 0.25) is 0 Å². The molecule has 0 atom stereocenters. The van der Waals surface area contributed by atoms with E-state index in [-0.39, 0.29) is 9.92 Å². The predicted molar refractivity (Wildman–Crippen MR) is 102 cm³/mol. The average molecular weight is 387 g/mol. The maximum atomic E-state index is 12.6. The molecule has 0 aliphatic rings. The maximum Gasteiger partial charge on any atom is 0.263 e. The van der Waals surface area contributed by atoms with Gasteiger partial charge in [0.15, 0.2) is 0 Å². The second-order valence-corrected chi connectivity index (χ2v) is 7.85. The molecule has 0 fully saturated rings. The van der Waals surface area contributed by atoms with Crippen LogP contribution in [-0.2, 0) is 10.0 Å². The van der Waals surface area contributed by atoms with Crippen molar-refractivity contribution in [3.8, 4) is 0 Å². The largest absolute Gasteiger partial charge is 0.372 e. The van der Waals surface area contributed by atoms with Crippen LogP contribution >= 0.6 is 23.2 Å². The molecular formula is C17H20Cl2N2O2S. The van der Waals surface area contributed by atoms with Gasteiger partial charge < -0.3 is 4.90 Å². The van der Waals surface area contributed by atoms with Crippen LogP contribution in [0.25, 0.3) is 0 Å². The van der Waals surface area contributed by atoms with Gasteiger partial charge in [-0.05, 0) is 62.7 Å². The third kappa shape index (κ3) is 4.15. The average Bonchev–Trinajstić information content (AvgIpc) is 2.50. The zero-order chi connectivity index (χ0) is 17.9.